The van der Waals surface area contributed by atoms with E-state index in [1.54, 1.807) is 6.92 Å². The second-order valence-electron chi connectivity index (χ2n) is 4.72. The number of fused-ring (bicyclic) bond motifs is 1. The number of benzene rings is 1. The second kappa shape index (κ2) is 7.05. The molecule has 108 valence electrons. The van der Waals surface area contributed by atoms with Crippen molar-refractivity contribution < 1.29 is 14.3 Å². The van der Waals surface area contributed by atoms with Gasteiger partial charge in [-0.05, 0) is 43.1 Å². The Balaban J connectivity index is 1.88. The van der Waals surface area contributed by atoms with Gasteiger partial charge in [0.2, 0.25) is 0 Å². The normalized spacial score (nSPS) is 13.4. The zero-order valence-corrected chi connectivity index (χ0v) is 11.7. The van der Waals surface area contributed by atoms with Crippen LogP contribution in [-0.4, -0.2) is 31.6 Å². The number of rotatable bonds is 5. The highest BCUT2D eigenvalue weighted by atomic mass is 16.5. The molecule has 0 radical (unpaired) electrons. The summed E-state index contributed by atoms with van der Waals surface area (Å²) >= 11 is 0. The van der Waals surface area contributed by atoms with Crippen LogP contribution in [0.5, 0.6) is 0 Å². The molecule has 0 bridgehead atoms. The first-order chi connectivity index (χ1) is 9.70. The standard InChI is InChI=1S/C15H20N2O3/c1-2-20-14(18)6-8-17-15(19)12-4-3-11-5-7-16-10-13(11)9-12/h3-4,9,16H,2,5-8,10H2,1H3,(H,17,19). The SMILES string of the molecule is CCOC(=O)CCNC(=O)c1ccc2c(c1)CNCC2. The van der Waals surface area contributed by atoms with Crippen molar-refractivity contribution in [2.45, 2.75) is 26.3 Å². The summed E-state index contributed by atoms with van der Waals surface area (Å²) in [5.41, 5.74) is 3.11. The van der Waals surface area contributed by atoms with Gasteiger partial charge in [-0.2, -0.15) is 0 Å². The molecule has 20 heavy (non-hydrogen) atoms. The van der Waals surface area contributed by atoms with Crippen molar-refractivity contribution in [3.8, 4) is 0 Å². The molecule has 0 aromatic heterocycles. The molecular weight excluding hydrogens is 256 g/mol. The highest BCUT2D eigenvalue weighted by Crippen LogP contribution is 2.15. The fourth-order valence-electron chi connectivity index (χ4n) is 2.24. The van der Waals surface area contributed by atoms with E-state index in [2.05, 4.69) is 10.6 Å². The molecule has 0 saturated heterocycles. The number of carbonyl (C=O) groups is 2. The van der Waals surface area contributed by atoms with Gasteiger partial charge in [-0.15, -0.1) is 0 Å². The van der Waals surface area contributed by atoms with Gasteiger partial charge < -0.3 is 15.4 Å². The molecule has 0 spiro atoms. The summed E-state index contributed by atoms with van der Waals surface area (Å²) in [4.78, 5) is 23.2. The van der Waals surface area contributed by atoms with Crippen LogP contribution in [0.3, 0.4) is 0 Å². The Labute approximate surface area is 118 Å². The zero-order chi connectivity index (χ0) is 14.4. The van der Waals surface area contributed by atoms with E-state index >= 15 is 0 Å². The Hall–Kier alpha value is -1.88. The Bertz CT molecular complexity index is 500. The van der Waals surface area contributed by atoms with Crippen molar-refractivity contribution in [3.05, 3.63) is 34.9 Å². The number of hydrogen-bond donors (Lipinski definition) is 2. The van der Waals surface area contributed by atoms with E-state index in [1.165, 1.54) is 11.1 Å². The predicted molar refractivity (Wildman–Crippen MR) is 75.4 cm³/mol. The average Bonchev–Trinajstić information content (AvgIpc) is 2.47. The van der Waals surface area contributed by atoms with E-state index < -0.39 is 0 Å². The fraction of sp³-hybridized carbons (Fsp3) is 0.467. The molecule has 0 unspecified atom stereocenters. The Morgan fingerprint density at radius 3 is 3.00 bits per heavy atom. The Morgan fingerprint density at radius 1 is 1.35 bits per heavy atom. The van der Waals surface area contributed by atoms with Crippen LogP contribution in [0.4, 0.5) is 0 Å². The molecular formula is C15H20N2O3. The zero-order valence-electron chi connectivity index (χ0n) is 11.7. The van der Waals surface area contributed by atoms with E-state index in [-0.39, 0.29) is 18.3 Å². The summed E-state index contributed by atoms with van der Waals surface area (Å²) in [6.45, 7) is 4.21. The molecule has 0 fully saturated rings. The number of hydrogen-bond acceptors (Lipinski definition) is 4. The number of nitrogens with one attached hydrogen (secondary N) is 2. The summed E-state index contributed by atoms with van der Waals surface area (Å²) < 4.78 is 4.81. The highest BCUT2D eigenvalue weighted by molar-refractivity contribution is 5.94. The van der Waals surface area contributed by atoms with Crippen LogP contribution in [0.1, 0.15) is 34.8 Å². The van der Waals surface area contributed by atoms with Crippen molar-refractivity contribution in [1.29, 1.82) is 0 Å². The van der Waals surface area contributed by atoms with Crippen LogP contribution in [0.15, 0.2) is 18.2 Å². The fourth-order valence-corrected chi connectivity index (χ4v) is 2.24. The van der Waals surface area contributed by atoms with Gasteiger partial charge in [0.15, 0.2) is 0 Å². The van der Waals surface area contributed by atoms with E-state index in [9.17, 15) is 9.59 Å². The first-order valence-corrected chi connectivity index (χ1v) is 6.97. The van der Waals surface area contributed by atoms with Gasteiger partial charge in [0, 0.05) is 18.7 Å². The minimum Gasteiger partial charge on any atom is -0.466 e. The molecule has 1 aromatic rings. The molecule has 0 saturated carbocycles. The van der Waals surface area contributed by atoms with Crippen LogP contribution in [0.25, 0.3) is 0 Å². The molecule has 0 aliphatic carbocycles. The Kier molecular flexibility index (Phi) is 5.12. The second-order valence-corrected chi connectivity index (χ2v) is 4.72. The third-order valence-electron chi connectivity index (χ3n) is 3.28. The first-order valence-electron chi connectivity index (χ1n) is 6.97. The third kappa shape index (κ3) is 3.81. The average molecular weight is 276 g/mol. The molecule has 1 heterocycles. The maximum Gasteiger partial charge on any atom is 0.307 e. The molecule has 1 aliphatic rings. The molecule has 1 aliphatic heterocycles. The maximum absolute atomic E-state index is 12.0. The first kappa shape index (κ1) is 14.5. The minimum absolute atomic E-state index is 0.150. The minimum atomic E-state index is -0.289. The number of esters is 1. The summed E-state index contributed by atoms with van der Waals surface area (Å²) in [7, 11) is 0. The van der Waals surface area contributed by atoms with Crippen LogP contribution in [-0.2, 0) is 22.5 Å². The summed E-state index contributed by atoms with van der Waals surface area (Å²) in [6, 6.07) is 5.77. The third-order valence-corrected chi connectivity index (χ3v) is 3.28. The lowest BCUT2D eigenvalue weighted by Gasteiger charge is -2.17. The van der Waals surface area contributed by atoms with Crippen molar-refractivity contribution in [2.75, 3.05) is 19.7 Å². The Morgan fingerprint density at radius 2 is 2.20 bits per heavy atom. The molecule has 5 nitrogen and oxygen atoms in total. The molecule has 1 amide bonds. The van der Waals surface area contributed by atoms with Gasteiger partial charge >= 0.3 is 5.97 Å². The van der Waals surface area contributed by atoms with Gasteiger partial charge in [-0.25, -0.2) is 0 Å². The molecule has 1 aromatic carbocycles. The van der Waals surface area contributed by atoms with Crippen LogP contribution < -0.4 is 10.6 Å². The van der Waals surface area contributed by atoms with Gasteiger partial charge in [0.25, 0.3) is 5.91 Å². The van der Waals surface area contributed by atoms with Crippen molar-refractivity contribution >= 4 is 11.9 Å². The van der Waals surface area contributed by atoms with Crippen molar-refractivity contribution in [3.63, 3.8) is 0 Å². The summed E-state index contributed by atoms with van der Waals surface area (Å²) in [5.74, 6) is -0.440. The summed E-state index contributed by atoms with van der Waals surface area (Å²) in [6.07, 6.45) is 1.20. The van der Waals surface area contributed by atoms with E-state index in [4.69, 9.17) is 4.74 Å². The van der Waals surface area contributed by atoms with Crippen LogP contribution in [0, 0.1) is 0 Å². The number of ether oxygens (including phenoxy) is 1. The monoisotopic (exact) mass is 276 g/mol. The molecule has 0 atom stereocenters. The lowest BCUT2D eigenvalue weighted by molar-refractivity contribution is -0.142. The molecule has 2 rings (SSSR count). The van der Waals surface area contributed by atoms with Gasteiger partial charge in [-0.3, -0.25) is 9.59 Å². The largest absolute Gasteiger partial charge is 0.466 e. The van der Waals surface area contributed by atoms with Crippen molar-refractivity contribution in [2.24, 2.45) is 0 Å². The predicted octanol–water partition coefficient (Wildman–Crippen LogP) is 1.02. The van der Waals surface area contributed by atoms with E-state index in [0.29, 0.717) is 18.7 Å². The highest BCUT2D eigenvalue weighted by Gasteiger charge is 2.12. The number of carbonyl (C=O) groups excluding carboxylic acids is 2. The van der Waals surface area contributed by atoms with Gasteiger partial charge in [0.1, 0.15) is 0 Å². The van der Waals surface area contributed by atoms with Gasteiger partial charge in [-0.1, -0.05) is 6.07 Å². The van der Waals surface area contributed by atoms with Gasteiger partial charge in [0.05, 0.1) is 13.0 Å². The van der Waals surface area contributed by atoms with E-state index in [0.717, 1.165) is 19.5 Å². The lowest BCUT2D eigenvalue weighted by atomic mass is 9.98. The lowest BCUT2D eigenvalue weighted by Crippen LogP contribution is -2.28. The van der Waals surface area contributed by atoms with Crippen LogP contribution >= 0.6 is 0 Å². The van der Waals surface area contributed by atoms with E-state index in [1.807, 2.05) is 18.2 Å². The molecule has 5 heteroatoms. The summed E-state index contributed by atoms with van der Waals surface area (Å²) in [5, 5.41) is 6.02. The topological polar surface area (TPSA) is 67.4 Å². The smallest absolute Gasteiger partial charge is 0.307 e. The quantitative estimate of drug-likeness (QED) is 0.788. The number of amides is 1. The van der Waals surface area contributed by atoms with Crippen LogP contribution in [0.2, 0.25) is 0 Å². The molecule has 2 N–H and O–H groups in total. The maximum atomic E-state index is 12.0. The van der Waals surface area contributed by atoms with Crippen molar-refractivity contribution in [1.82, 2.24) is 10.6 Å².